The lowest BCUT2D eigenvalue weighted by molar-refractivity contribution is 0.531. The fourth-order valence-electron chi connectivity index (χ4n) is 1.32. The third-order valence-corrected chi connectivity index (χ3v) is 2.38. The minimum Gasteiger partial charge on any atom is -0.0502 e. The van der Waals surface area contributed by atoms with Crippen LogP contribution in [-0.4, -0.2) is 0 Å². The van der Waals surface area contributed by atoms with E-state index < -0.39 is 0 Å². The van der Waals surface area contributed by atoms with Crippen LogP contribution < -0.4 is 0 Å². The highest BCUT2D eigenvalue weighted by atomic mass is 14.5. The highest BCUT2D eigenvalue weighted by molar-refractivity contribution is 4.98. The molecule has 2 rings (SSSR count). The Morgan fingerprint density at radius 2 is 2.00 bits per heavy atom. The van der Waals surface area contributed by atoms with Crippen molar-refractivity contribution in [2.24, 2.45) is 11.3 Å². The van der Waals surface area contributed by atoms with Gasteiger partial charge in [0.15, 0.2) is 0 Å². The van der Waals surface area contributed by atoms with Gasteiger partial charge in [-0.15, -0.1) is 0 Å². The van der Waals surface area contributed by atoms with Crippen molar-refractivity contribution >= 4 is 0 Å². The highest BCUT2D eigenvalue weighted by Crippen LogP contribution is 2.53. The predicted octanol–water partition coefficient (Wildman–Crippen LogP) is 2.40. The average Bonchev–Trinajstić information content (AvgIpc) is 2.49. The quantitative estimate of drug-likeness (QED) is 0.510. The Hall–Kier alpha value is 0. The van der Waals surface area contributed by atoms with Gasteiger partial charge in [-0.25, -0.2) is 0 Å². The molecule has 2 aliphatic rings. The first-order valence-corrected chi connectivity index (χ1v) is 3.64. The molecule has 0 aliphatic heterocycles. The van der Waals surface area contributed by atoms with E-state index in [0.717, 1.165) is 5.92 Å². The standard InChI is InChI=1S/C8H13/c1-8(4-5-8)6-7-2-3-7/h7H,1-6H2. The summed E-state index contributed by atoms with van der Waals surface area (Å²) >= 11 is 0. The van der Waals surface area contributed by atoms with E-state index in [1.165, 1.54) is 32.1 Å². The van der Waals surface area contributed by atoms with Crippen LogP contribution in [0.3, 0.4) is 0 Å². The third kappa shape index (κ3) is 0.888. The van der Waals surface area contributed by atoms with Gasteiger partial charge >= 0.3 is 0 Å². The smallest absolute Gasteiger partial charge is 0.0294 e. The normalized spacial score (nSPS) is 32.6. The van der Waals surface area contributed by atoms with Crippen LogP contribution in [0, 0.1) is 18.3 Å². The molecule has 0 aromatic carbocycles. The van der Waals surface area contributed by atoms with Gasteiger partial charge in [0.2, 0.25) is 0 Å². The highest BCUT2D eigenvalue weighted by Gasteiger charge is 2.41. The van der Waals surface area contributed by atoms with E-state index in [1.807, 2.05) is 0 Å². The first-order valence-electron chi connectivity index (χ1n) is 3.64. The molecule has 0 spiro atoms. The number of hydrogen-bond donors (Lipinski definition) is 0. The minimum atomic E-state index is 0.584. The molecule has 0 nitrogen and oxygen atoms in total. The Kier molecular flexibility index (Phi) is 0.778. The van der Waals surface area contributed by atoms with Crippen LogP contribution >= 0.6 is 0 Å². The third-order valence-electron chi connectivity index (χ3n) is 2.38. The first kappa shape index (κ1) is 4.84. The van der Waals surface area contributed by atoms with Gasteiger partial charge in [-0.1, -0.05) is 12.8 Å². The Labute approximate surface area is 51.3 Å². The lowest BCUT2D eigenvalue weighted by atomic mass is 10.0. The summed E-state index contributed by atoms with van der Waals surface area (Å²) in [5.74, 6) is 1.09. The zero-order valence-electron chi connectivity index (χ0n) is 5.32. The summed E-state index contributed by atoms with van der Waals surface area (Å²) in [4.78, 5) is 0. The van der Waals surface area contributed by atoms with Crippen molar-refractivity contribution in [1.82, 2.24) is 0 Å². The molecule has 0 amide bonds. The summed E-state index contributed by atoms with van der Waals surface area (Å²) in [6, 6.07) is 0. The fraction of sp³-hybridized carbons (Fsp3) is 0.875. The van der Waals surface area contributed by atoms with Crippen molar-refractivity contribution in [1.29, 1.82) is 0 Å². The fourth-order valence-corrected chi connectivity index (χ4v) is 1.32. The summed E-state index contributed by atoms with van der Waals surface area (Å²) in [7, 11) is 0. The van der Waals surface area contributed by atoms with Gasteiger partial charge in [0, 0.05) is 0 Å². The van der Waals surface area contributed by atoms with Gasteiger partial charge in [-0.2, -0.15) is 0 Å². The lowest BCUT2D eigenvalue weighted by Gasteiger charge is -2.02. The predicted molar refractivity (Wildman–Crippen MR) is 34.4 cm³/mol. The molecule has 0 N–H and O–H groups in total. The van der Waals surface area contributed by atoms with Gasteiger partial charge in [-0.05, 0) is 37.5 Å². The monoisotopic (exact) mass is 109 g/mol. The summed E-state index contributed by atoms with van der Waals surface area (Å²) in [5.41, 5.74) is 0.584. The van der Waals surface area contributed by atoms with Crippen LogP contribution in [0.4, 0.5) is 0 Å². The van der Waals surface area contributed by atoms with Crippen molar-refractivity contribution < 1.29 is 0 Å². The Morgan fingerprint density at radius 3 is 2.38 bits per heavy atom. The second-order valence-corrected chi connectivity index (χ2v) is 3.65. The molecule has 45 valence electrons. The molecular weight excluding hydrogens is 96.1 g/mol. The topological polar surface area (TPSA) is 0 Å². The van der Waals surface area contributed by atoms with Crippen molar-refractivity contribution in [3.63, 3.8) is 0 Å². The van der Waals surface area contributed by atoms with Crippen LogP contribution in [-0.2, 0) is 0 Å². The summed E-state index contributed by atoms with van der Waals surface area (Å²) in [6.45, 7) is 4.16. The molecule has 0 saturated heterocycles. The van der Waals surface area contributed by atoms with Gasteiger partial charge < -0.3 is 0 Å². The van der Waals surface area contributed by atoms with Crippen molar-refractivity contribution in [2.75, 3.05) is 0 Å². The van der Waals surface area contributed by atoms with Crippen molar-refractivity contribution in [3.8, 4) is 0 Å². The maximum atomic E-state index is 4.16. The van der Waals surface area contributed by atoms with E-state index in [1.54, 1.807) is 0 Å². The van der Waals surface area contributed by atoms with E-state index in [4.69, 9.17) is 0 Å². The van der Waals surface area contributed by atoms with Gasteiger partial charge in [0.1, 0.15) is 0 Å². The molecule has 1 radical (unpaired) electrons. The van der Waals surface area contributed by atoms with E-state index in [2.05, 4.69) is 6.92 Å². The van der Waals surface area contributed by atoms with E-state index >= 15 is 0 Å². The Bertz CT molecular complexity index is 96.6. The summed E-state index contributed by atoms with van der Waals surface area (Å²) in [6.07, 6.45) is 7.24. The van der Waals surface area contributed by atoms with E-state index in [9.17, 15) is 0 Å². The molecule has 8 heavy (non-hydrogen) atoms. The molecule has 2 fully saturated rings. The maximum Gasteiger partial charge on any atom is -0.0294 e. The molecule has 0 aromatic rings. The van der Waals surface area contributed by atoms with Crippen molar-refractivity contribution in [3.05, 3.63) is 6.92 Å². The number of rotatable bonds is 2. The molecule has 2 aliphatic carbocycles. The molecule has 0 aromatic heterocycles. The van der Waals surface area contributed by atoms with Crippen LogP contribution in [0.5, 0.6) is 0 Å². The second kappa shape index (κ2) is 1.29. The molecule has 0 unspecified atom stereocenters. The Morgan fingerprint density at radius 1 is 1.38 bits per heavy atom. The largest absolute Gasteiger partial charge is 0.0502 e. The van der Waals surface area contributed by atoms with Crippen LogP contribution in [0.2, 0.25) is 0 Å². The van der Waals surface area contributed by atoms with E-state index in [-0.39, 0.29) is 0 Å². The molecule has 0 bridgehead atoms. The zero-order valence-corrected chi connectivity index (χ0v) is 5.32. The van der Waals surface area contributed by atoms with E-state index in [0.29, 0.717) is 5.41 Å². The second-order valence-electron chi connectivity index (χ2n) is 3.65. The minimum absolute atomic E-state index is 0.584. The van der Waals surface area contributed by atoms with Crippen LogP contribution in [0.15, 0.2) is 0 Å². The molecule has 2 saturated carbocycles. The van der Waals surface area contributed by atoms with Crippen LogP contribution in [0.1, 0.15) is 32.1 Å². The van der Waals surface area contributed by atoms with Gasteiger partial charge in [0.05, 0.1) is 0 Å². The molecular formula is C8H13. The average molecular weight is 109 g/mol. The van der Waals surface area contributed by atoms with Crippen LogP contribution in [0.25, 0.3) is 0 Å². The lowest BCUT2D eigenvalue weighted by Crippen LogP contribution is -1.93. The molecule has 0 atom stereocenters. The zero-order chi connectivity index (χ0) is 5.61. The van der Waals surface area contributed by atoms with Crippen molar-refractivity contribution in [2.45, 2.75) is 32.1 Å². The number of hydrogen-bond acceptors (Lipinski definition) is 0. The molecule has 0 heteroatoms. The molecule has 0 heterocycles. The van der Waals surface area contributed by atoms with Gasteiger partial charge in [-0.3, -0.25) is 0 Å². The summed E-state index contributed by atoms with van der Waals surface area (Å²) < 4.78 is 0. The van der Waals surface area contributed by atoms with Gasteiger partial charge in [0.25, 0.3) is 0 Å². The first-order chi connectivity index (χ1) is 3.79. The Balaban J connectivity index is 1.81. The SMILES string of the molecule is [CH2]C1(CC2CC2)CC1. The summed E-state index contributed by atoms with van der Waals surface area (Å²) in [5, 5.41) is 0. The maximum absolute atomic E-state index is 4.16.